The van der Waals surface area contributed by atoms with Crippen LogP contribution >= 0.6 is 0 Å². The molecule has 0 spiro atoms. The molecule has 4 rings (SSSR count). The Labute approximate surface area is 201 Å². The van der Waals surface area contributed by atoms with Crippen molar-refractivity contribution in [3.8, 4) is 11.6 Å². The first-order valence-electron chi connectivity index (χ1n) is 11.2. The molecule has 1 aromatic carbocycles. The topological polar surface area (TPSA) is 67.4 Å². The second-order valence-corrected chi connectivity index (χ2v) is 8.55. The van der Waals surface area contributed by atoms with Crippen molar-refractivity contribution in [2.24, 2.45) is 5.92 Å². The van der Waals surface area contributed by atoms with Crippen molar-refractivity contribution in [3.05, 3.63) is 83.3 Å². The number of likely N-dealkylation sites (tertiary alicyclic amines) is 1. The number of nitrogens with one attached hydrogen (secondary N) is 1. The molecule has 1 unspecified atom stereocenters. The number of aromatic nitrogens is 2. The molecule has 2 aromatic heterocycles. The van der Waals surface area contributed by atoms with Gasteiger partial charge in [-0.3, -0.25) is 4.98 Å². The van der Waals surface area contributed by atoms with Crippen LogP contribution in [0.1, 0.15) is 30.0 Å². The van der Waals surface area contributed by atoms with Crippen molar-refractivity contribution >= 4 is 17.8 Å². The molecule has 0 aliphatic carbocycles. The van der Waals surface area contributed by atoms with Crippen LogP contribution in [0.5, 0.6) is 11.6 Å². The van der Waals surface area contributed by atoms with Gasteiger partial charge in [-0.2, -0.15) is 13.2 Å². The summed E-state index contributed by atoms with van der Waals surface area (Å²) in [4.78, 5) is 22.3. The molecule has 3 heterocycles. The Bertz CT molecular complexity index is 1230. The third-order valence-electron chi connectivity index (χ3n) is 5.71. The molecule has 1 fully saturated rings. The van der Waals surface area contributed by atoms with E-state index >= 15 is 0 Å². The Hall–Kier alpha value is -3.88. The molecule has 0 radical (unpaired) electrons. The van der Waals surface area contributed by atoms with E-state index in [1.807, 2.05) is 31.2 Å². The molecule has 1 aliphatic heterocycles. The highest BCUT2D eigenvalue weighted by Crippen LogP contribution is 2.31. The van der Waals surface area contributed by atoms with E-state index < -0.39 is 11.7 Å². The maximum Gasteiger partial charge on any atom is 0.417 e. The van der Waals surface area contributed by atoms with Crippen LogP contribution in [0, 0.1) is 12.8 Å². The van der Waals surface area contributed by atoms with Gasteiger partial charge in [0.25, 0.3) is 0 Å². The van der Waals surface area contributed by atoms with Gasteiger partial charge in [-0.25, -0.2) is 9.78 Å². The average molecular weight is 483 g/mol. The summed E-state index contributed by atoms with van der Waals surface area (Å²) in [5.74, 6) is 0.716. The van der Waals surface area contributed by atoms with Gasteiger partial charge in [0.05, 0.1) is 17.4 Å². The fraction of sp³-hybridized carbons (Fsp3) is 0.269. The standard InChI is InChI=1S/C26H25F3N4O2/c1-17-10-22(15-30-13-17)32-25(34)33-9-8-20(18(2)16-33)11-19-4-3-5-23(12-19)35-24-7-6-21(14-31-24)26(27,28)29/h3-7,10-15,18H,8-9,16H2,1-2H3,(H,32,34)/b20-11+. The lowest BCUT2D eigenvalue weighted by Crippen LogP contribution is -2.42. The first-order valence-corrected chi connectivity index (χ1v) is 11.2. The number of nitrogens with zero attached hydrogens (tertiary/aromatic N) is 3. The number of piperidine rings is 1. The van der Waals surface area contributed by atoms with Crippen molar-refractivity contribution in [3.63, 3.8) is 0 Å². The summed E-state index contributed by atoms with van der Waals surface area (Å²) in [7, 11) is 0. The molecule has 1 saturated heterocycles. The lowest BCUT2D eigenvalue weighted by Gasteiger charge is -2.33. The maximum absolute atomic E-state index is 12.7. The molecule has 0 bridgehead atoms. The number of aryl methyl sites for hydroxylation is 1. The number of amides is 2. The van der Waals surface area contributed by atoms with Gasteiger partial charge in [0.15, 0.2) is 0 Å². The van der Waals surface area contributed by atoms with Crippen molar-refractivity contribution < 1.29 is 22.7 Å². The molecule has 1 atom stereocenters. The van der Waals surface area contributed by atoms with E-state index in [0.717, 1.165) is 29.8 Å². The van der Waals surface area contributed by atoms with Gasteiger partial charge in [0.1, 0.15) is 5.75 Å². The quantitative estimate of drug-likeness (QED) is 0.458. The normalized spacial score (nSPS) is 17.3. The van der Waals surface area contributed by atoms with E-state index in [1.54, 1.807) is 23.4 Å². The molecule has 182 valence electrons. The average Bonchev–Trinajstić information content (AvgIpc) is 2.80. The predicted molar refractivity (Wildman–Crippen MR) is 127 cm³/mol. The van der Waals surface area contributed by atoms with Gasteiger partial charge in [-0.05, 0) is 54.7 Å². The number of hydrogen-bond acceptors (Lipinski definition) is 4. The molecular formula is C26H25F3N4O2. The molecule has 1 N–H and O–H groups in total. The summed E-state index contributed by atoms with van der Waals surface area (Å²) < 4.78 is 43.8. The number of carbonyl (C=O) groups excluding carboxylic acids is 1. The Morgan fingerprint density at radius 1 is 1.17 bits per heavy atom. The van der Waals surface area contributed by atoms with Gasteiger partial charge < -0.3 is 15.0 Å². The zero-order chi connectivity index (χ0) is 25.0. The van der Waals surface area contributed by atoms with Crippen LogP contribution in [0.4, 0.5) is 23.7 Å². The summed E-state index contributed by atoms with van der Waals surface area (Å²) in [5.41, 5.74) is 2.92. The minimum Gasteiger partial charge on any atom is -0.439 e. The molecule has 0 saturated carbocycles. The lowest BCUT2D eigenvalue weighted by atomic mass is 9.91. The minimum atomic E-state index is -4.44. The van der Waals surface area contributed by atoms with Crippen LogP contribution in [-0.4, -0.2) is 34.0 Å². The van der Waals surface area contributed by atoms with Gasteiger partial charge in [-0.1, -0.05) is 30.7 Å². The van der Waals surface area contributed by atoms with Crippen LogP contribution in [0.3, 0.4) is 0 Å². The van der Waals surface area contributed by atoms with Crippen molar-refractivity contribution in [2.45, 2.75) is 26.4 Å². The van der Waals surface area contributed by atoms with Crippen molar-refractivity contribution in [1.29, 1.82) is 0 Å². The summed E-state index contributed by atoms with van der Waals surface area (Å²) in [6.07, 6.45) is 2.46. The Kier molecular flexibility index (Phi) is 7.04. The van der Waals surface area contributed by atoms with Gasteiger partial charge in [0.2, 0.25) is 5.88 Å². The largest absolute Gasteiger partial charge is 0.439 e. The minimum absolute atomic E-state index is 0.0827. The monoisotopic (exact) mass is 482 g/mol. The van der Waals surface area contributed by atoms with Gasteiger partial charge in [-0.15, -0.1) is 0 Å². The predicted octanol–water partition coefficient (Wildman–Crippen LogP) is 6.55. The van der Waals surface area contributed by atoms with E-state index in [-0.39, 0.29) is 17.8 Å². The fourth-order valence-corrected chi connectivity index (χ4v) is 3.89. The molecule has 35 heavy (non-hydrogen) atoms. The number of hydrogen-bond donors (Lipinski definition) is 1. The summed E-state index contributed by atoms with van der Waals surface area (Å²) in [6.45, 7) is 5.17. The highest BCUT2D eigenvalue weighted by atomic mass is 19.4. The second kappa shape index (κ2) is 10.2. The maximum atomic E-state index is 12.7. The molecule has 3 aromatic rings. The van der Waals surface area contributed by atoms with Crippen LogP contribution in [-0.2, 0) is 6.18 Å². The smallest absolute Gasteiger partial charge is 0.417 e. The van der Waals surface area contributed by atoms with Crippen molar-refractivity contribution in [2.75, 3.05) is 18.4 Å². The SMILES string of the molecule is Cc1cncc(NC(=O)N2CC/C(=C\c3cccc(Oc4ccc(C(F)(F)F)cn4)c3)C(C)C2)c1. The molecular weight excluding hydrogens is 457 g/mol. The van der Waals surface area contributed by atoms with Gasteiger partial charge in [0, 0.05) is 31.5 Å². The molecule has 6 nitrogen and oxygen atoms in total. The highest BCUT2D eigenvalue weighted by Gasteiger charge is 2.30. The highest BCUT2D eigenvalue weighted by molar-refractivity contribution is 5.89. The van der Waals surface area contributed by atoms with Crippen LogP contribution in [0.2, 0.25) is 0 Å². The molecule has 1 aliphatic rings. The summed E-state index contributed by atoms with van der Waals surface area (Å²) in [6, 6.07) is 11.1. The van der Waals surface area contributed by atoms with E-state index in [9.17, 15) is 18.0 Å². The third-order valence-corrected chi connectivity index (χ3v) is 5.71. The third kappa shape index (κ3) is 6.38. The zero-order valence-electron chi connectivity index (χ0n) is 19.3. The van der Waals surface area contributed by atoms with Gasteiger partial charge >= 0.3 is 12.2 Å². The number of carbonyl (C=O) groups is 1. The molecule has 9 heteroatoms. The fourth-order valence-electron chi connectivity index (χ4n) is 3.89. The van der Waals surface area contributed by atoms with Crippen LogP contribution in [0.25, 0.3) is 6.08 Å². The van der Waals surface area contributed by atoms with E-state index in [0.29, 0.717) is 24.5 Å². The van der Waals surface area contributed by atoms with E-state index in [1.165, 1.54) is 11.6 Å². The number of alkyl halides is 3. The number of benzene rings is 1. The molecule has 2 amide bonds. The van der Waals surface area contributed by atoms with Crippen LogP contribution < -0.4 is 10.1 Å². The second-order valence-electron chi connectivity index (χ2n) is 8.55. The van der Waals surface area contributed by atoms with E-state index in [4.69, 9.17) is 4.74 Å². The Balaban J connectivity index is 1.38. The summed E-state index contributed by atoms with van der Waals surface area (Å²) in [5, 5.41) is 2.90. The first-order chi connectivity index (χ1) is 16.7. The number of halogens is 3. The van der Waals surface area contributed by atoms with E-state index in [2.05, 4.69) is 28.3 Å². The zero-order valence-corrected chi connectivity index (χ0v) is 19.3. The lowest BCUT2D eigenvalue weighted by molar-refractivity contribution is -0.137. The summed E-state index contributed by atoms with van der Waals surface area (Å²) >= 11 is 0. The number of rotatable bonds is 4. The number of urea groups is 1. The first kappa shape index (κ1) is 24.3. The Morgan fingerprint density at radius 2 is 2.00 bits per heavy atom. The Morgan fingerprint density at radius 3 is 2.69 bits per heavy atom. The van der Waals surface area contributed by atoms with Crippen molar-refractivity contribution in [1.82, 2.24) is 14.9 Å². The van der Waals surface area contributed by atoms with Crippen LogP contribution in [0.15, 0.2) is 66.6 Å². The number of pyridine rings is 2. The number of anilines is 1. The number of ether oxygens (including phenoxy) is 1.